The molecule has 5 aliphatic rings. The van der Waals surface area contributed by atoms with Crippen molar-refractivity contribution < 1.29 is 14.3 Å². The molecule has 0 bridgehead atoms. The minimum atomic E-state index is -0.176. The molecule has 6 rings (SSSR count). The lowest BCUT2D eigenvalue weighted by Crippen LogP contribution is -2.59. The van der Waals surface area contributed by atoms with Gasteiger partial charge in [-0.15, -0.1) is 0 Å². The highest BCUT2D eigenvalue weighted by molar-refractivity contribution is 5.89. The highest BCUT2D eigenvalue weighted by atomic mass is 16.6. The third kappa shape index (κ3) is 4.12. The molecule has 0 N–H and O–H groups in total. The van der Waals surface area contributed by atoms with E-state index in [0.717, 1.165) is 54.8 Å². The highest BCUT2D eigenvalue weighted by Gasteiger charge is 2.76. The average Bonchev–Trinajstić information content (AvgIpc) is 3.45. The van der Waals surface area contributed by atoms with E-state index in [9.17, 15) is 4.79 Å². The van der Waals surface area contributed by atoms with Crippen molar-refractivity contribution in [1.29, 1.82) is 0 Å². The number of hydrogen-bond donors (Lipinski definition) is 0. The minimum Gasteiger partial charge on any atom is -0.459 e. The molecule has 3 nitrogen and oxygen atoms in total. The van der Waals surface area contributed by atoms with Crippen LogP contribution in [0.4, 0.5) is 0 Å². The molecule has 0 aromatic heterocycles. The van der Waals surface area contributed by atoms with Gasteiger partial charge < -0.3 is 9.47 Å². The standard InChI is InChI=1S/C34H50O3/c1-22(2)10-9-11-23(3)27-14-15-28-26-20-30-34(37-30)21-25(36-31(35)24-12-7-6-8-13-24)16-19-33(34,5)29(26)17-18-32(27,28)4/h6-8,12-13,22-23,25-30H,9-11,14-21H2,1-5H3/t23-,25+,26+,27-,28+,29+,30?,32-,33-,34?/m1/s1. The topological polar surface area (TPSA) is 38.8 Å². The molecule has 204 valence electrons. The lowest BCUT2D eigenvalue weighted by molar-refractivity contribution is -0.118. The van der Waals surface area contributed by atoms with Crippen LogP contribution in [-0.2, 0) is 9.47 Å². The molecule has 10 atom stereocenters. The Labute approximate surface area is 225 Å². The third-order valence-corrected chi connectivity index (χ3v) is 12.5. The van der Waals surface area contributed by atoms with Crippen molar-refractivity contribution in [1.82, 2.24) is 0 Å². The maximum absolute atomic E-state index is 12.8. The normalized spacial score (nSPS) is 44.8. The molecular weight excluding hydrogens is 456 g/mol. The summed E-state index contributed by atoms with van der Waals surface area (Å²) >= 11 is 0. The first kappa shape index (κ1) is 25.9. The molecule has 1 heterocycles. The van der Waals surface area contributed by atoms with Crippen LogP contribution in [0.1, 0.15) is 116 Å². The van der Waals surface area contributed by atoms with Crippen molar-refractivity contribution in [3.05, 3.63) is 35.9 Å². The molecule has 4 saturated carbocycles. The maximum atomic E-state index is 12.8. The first-order valence-electron chi connectivity index (χ1n) is 15.6. The summed E-state index contributed by atoms with van der Waals surface area (Å²) in [7, 11) is 0. The van der Waals surface area contributed by atoms with Crippen LogP contribution in [0.2, 0.25) is 0 Å². The number of rotatable bonds is 7. The fourth-order valence-corrected chi connectivity index (χ4v) is 10.6. The molecule has 1 spiro atoms. The van der Waals surface area contributed by atoms with Crippen molar-refractivity contribution in [3.8, 4) is 0 Å². The zero-order chi connectivity index (χ0) is 26.0. The van der Waals surface area contributed by atoms with Gasteiger partial charge in [-0.3, -0.25) is 0 Å². The summed E-state index contributed by atoms with van der Waals surface area (Å²) in [5, 5.41) is 0. The fraction of sp³-hybridized carbons (Fsp3) is 0.794. The van der Waals surface area contributed by atoms with Crippen molar-refractivity contribution in [2.45, 2.75) is 123 Å². The average molecular weight is 507 g/mol. The molecular formula is C34H50O3. The number of fused-ring (bicyclic) bond motifs is 4. The van der Waals surface area contributed by atoms with Crippen LogP contribution in [0.3, 0.4) is 0 Å². The molecule has 4 aliphatic carbocycles. The van der Waals surface area contributed by atoms with Gasteiger partial charge in [0.25, 0.3) is 0 Å². The zero-order valence-electron chi connectivity index (χ0n) is 24.0. The number of esters is 1. The molecule has 5 fully saturated rings. The molecule has 0 radical (unpaired) electrons. The minimum absolute atomic E-state index is 0.0151. The van der Waals surface area contributed by atoms with E-state index in [1.54, 1.807) is 0 Å². The van der Waals surface area contributed by atoms with Crippen molar-refractivity contribution in [2.75, 3.05) is 0 Å². The predicted molar refractivity (Wildman–Crippen MR) is 148 cm³/mol. The fourth-order valence-electron chi connectivity index (χ4n) is 10.6. The molecule has 1 aromatic rings. The highest BCUT2D eigenvalue weighted by Crippen LogP contribution is 2.74. The lowest BCUT2D eigenvalue weighted by atomic mass is 9.44. The van der Waals surface area contributed by atoms with Crippen LogP contribution in [0, 0.1) is 46.3 Å². The number of carbonyl (C=O) groups is 1. The van der Waals surface area contributed by atoms with Gasteiger partial charge in [-0.25, -0.2) is 4.79 Å². The maximum Gasteiger partial charge on any atom is 0.338 e. The Bertz CT molecular complexity index is 988. The second-order valence-corrected chi connectivity index (χ2v) is 14.7. The summed E-state index contributed by atoms with van der Waals surface area (Å²) in [6, 6.07) is 9.47. The Hall–Kier alpha value is -1.35. The Morgan fingerprint density at radius 1 is 1.00 bits per heavy atom. The number of ether oxygens (including phenoxy) is 2. The first-order valence-corrected chi connectivity index (χ1v) is 15.6. The molecule has 1 aromatic carbocycles. The van der Waals surface area contributed by atoms with Crippen LogP contribution in [0.25, 0.3) is 0 Å². The first-order chi connectivity index (χ1) is 17.7. The summed E-state index contributed by atoms with van der Waals surface area (Å²) in [4.78, 5) is 12.8. The van der Waals surface area contributed by atoms with Crippen LogP contribution in [0.5, 0.6) is 0 Å². The van der Waals surface area contributed by atoms with Gasteiger partial charge in [-0.1, -0.05) is 72.1 Å². The third-order valence-electron chi connectivity index (χ3n) is 12.5. The summed E-state index contributed by atoms with van der Waals surface area (Å²) in [5.41, 5.74) is 1.36. The number of benzene rings is 1. The molecule has 1 saturated heterocycles. The monoisotopic (exact) mass is 506 g/mol. The molecule has 1 aliphatic heterocycles. The van der Waals surface area contributed by atoms with Gasteiger partial charge in [0.05, 0.1) is 11.7 Å². The number of epoxide rings is 1. The predicted octanol–water partition coefficient (Wildman–Crippen LogP) is 8.46. The van der Waals surface area contributed by atoms with E-state index in [-0.39, 0.29) is 23.1 Å². The molecule has 37 heavy (non-hydrogen) atoms. The van der Waals surface area contributed by atoms with E-state index >= 15 is 0 Å². The van der Waals surface area contributed by atoms with Gasteiger partial charge in [0.15, 0.2) is 0 Å². The van der Waals surface area contributed by atoms with E-state index in [2.05, 4.69) is 34.6 Å². The van der Waals surface area contributed by atoms with Crippen molar-refractivity contribution >= 4 is 5.97 Å². The molecule has 3 heteroatoms. The smallest absolute Gasteiger partial charge is 0.338 e. The Kier molecular flexibility index (Phi) is 6.57. The van der Waals surface area contributed by atoms with E-state index < -0.39 is 0 Å². The van der Waals surface area contributed by atoms with E-state index in [4.69, 9.17) is 9.47 Å². The second kappa shape index (κ2) is 9.39. The SMILES string of the molecule is CC(C)CCC[C@@H](C)[C@H]1CC[C@H]2[C@@H]3CC4OC45C[C@@H](OC(=O)c4ccccc4)CC[C@]5(C)[C@H]3CC[C@]12C. The number of carbonyl (C=O) groups excluding carboxylic acids is 1. The number of hydrogen-bond acceptors (Lipinski definition) is 3. The summed E-state index contributed by atoms with van der Waals surface area (Å²) in [5.74, 6) is 4.87. The van der Waals surface area contributed by atoms with Gasteiger partial charge in [0, 0.05) is 11.8 Å². The molecule has 2 unspecified atom stereocenters. The summed E-state index contributed by atoms with van der Waals surface area (Å²) in [6.45, 7) is 12.5. The van der Waals surface area contributed by atoms with Crippen molar-refractivity contribution in [2.24, 2.45) is 46.3 Å². The Balaban J connectivity index is 1.14. The summed E-state index contributed by atoms with van der Waals surface area (Å²) in [6.07, 6.45) is 14.5. The van der Waals surface area contributed by atoms with E-state index in [1.807, 2.05) is 30.3 Å². The van der Waals surface area contributed by atoms with E-state index in [0.29, 0.717) is 17.1 Å². The molecule has 0 amide bonds. The van der Waals surface area contributed by atoms with Gasteiger partial charge in [-0.05, 0) is 98.0 Å². The van der Waals surface area contributed by atoms with Gasteiger partial charge in [0.1, 0.15) is 11.7 Å². The van der Waals surface area contributed by atoms with Crippen LogP contribution in [0.15, 0.2) is 30.3 Å². The van der Waals surface area contributed by atoms with Crippen molar-refractivity contribution in [3.63, 3.8) is 0 Å². The van der Waals surface area contributed by atoms with E-state index in [1.165, 1.54) is 51.4 Å². The van der Waals surface area contributed by atoms with Crippen LogP contribution >= 0.6 is 0 Å². The Morgan fingerprint density at radius 3 is 2.54 bits per heavy atom. The zero-order valence-corrected chi connectivity index (χ0v) is 24.0. The largest absolute Gasteiger partial charge is 0.459 e. The summed E-state index contributed by atoms with van der Waals surface area (Å²) < 4.78 is 12.8. The van der Waals surface area contributed by atoms with Gasteiger partial charge >= 0.3 is 5.97 Å². The quantitative estimate of drug-likeness (QED) is 0.275. The second-order valence-electron chi connectivity index (χ2n) is 14.7. The van der Waals surface area contributed by atoms with Gasteiger partial charge in [-0.2, -0.15) is 0 Å². The Morgan fingerprint density at radius 2 is 1.78 bits per heavy atom. The van der Waals surface area contributed by atoms with Crippen LogP contribution < -0.4 is 0 Å². The van der Waals surface area contributed by atoms with Gasteiger partial charge in [0.2, 0.25) is 0 Å². The lowest BCUT2D eigenvalue weighted by Gasteiger charge is -2.59. The van der Waals surface area contributed by atoms with Crippen LogP contribution in [-0.4, -0.2) is 23.8 Å².